The Morgan fingerprint density at radius 2 is 1.61 bits per heavy atom. The van der Waals surface area contributed by atoms with Crippen LogP contribution in [-0.4, -0.2) is 36.0 Å². The monoisotopic (exact) mass is 473 g/mol. The van der Waals surface area contributed by atoms with E-state index in [1.165, 1.54) is 38.5 Å². The molecule has 0 bridgehead atoms. The summed E-state index contributed by atoms with van der Waals surface area (Å²) in [6.07, 6.45) is 7.43. The van der Waals surface area contributed by atoms with Gasteiger partial charge in [0.05, 0.1) is 17.7 Å². The summed E-state index contributed by atoms with van der Waals surface area (Å²) < 4.78 is 58.8. The van der Waals surface area contributed by atoms with Crippen molar-refractivity contribution >= 4 is 11.9 Å². The van der Waals surface area contributed by atoms with Crippen LogP contribution in [0.4, 0.5) is 17.6 Å². The molecule has 0 radical (unpaired) electrons. The Labute approximate surface area is 193 Å². The third-order valence-corrected chi connectivity index (χ3v) is 6.05. The Morgan fingerprint density at radius 3 is 2.21 bits per heavy atom. The molecule has 0 saturated carbocycles. The minimum Gasteiger partial charge on any atom is -0.464 e. The van der Waals surface area contributed by atoms with E-state index < -0.39 is 41.0 Å². The van der Waals surface area contributed by atoms with Crippen molar-refractivity contribution in [2.75, 3.05) is 13.2 Å². The van der Waals surface area contributed by atoms with Gasteiger partial charge in [0.15, 0.2) is 0 Å². The summed E-state index contributed by atoms with van der Waals surface area (Å²) in [6.45, 7) is 2.55. The van der Waals surface area contributed by atoms with Crippen molar-refractivity contribution in [2.24, 2.45) is 0 Å². The van der Waals surface area contributed by atoms with E-state index in [0.29, 0.717) is 37.5 Å². The van der Waals surface area contributed by atoms with Crippen molar-refractivity contribution < 1.29 is 31.9 Å². The van der Waals surface area contributed by atoms with Gasteiger partial charge >= 0.3 is 12.1 Å². The lowest BCUT2D eigenvalue weighted by Crippen LogP contribution is -2.42. The van der Waals surface area contributed by atoms with Crippen LogP contribution in [0.1, 0.15) is 99.9 Å². The van der Waals surface area contributed by atoms with Crippen LogP contribution in [0.25, 0.3) is 0 Å². The molecule has 0 spiro atoms. The molecule has 1 heterocycles. The number of likely N-dealkylation sites (tertiary alicyclic amines) is 1. The van der Waals surface area contributed by atoms with E-state index in [2.05, 4.69) is 6.92 Å². The Balaban J connectivity index is 1.78. The van der Waals surface area contributed by atoms with Gasteiger partial charge in [0, 0.05) is 6.54 Å². The van der Waals surface area contributed by atoms with Crippen molar-refractivity contribution in [3.8, 4) is 0 Å². The highest BCUT2D eigenvalue weighted by atomic mass is 19.4. The molecule has 1 atom stereocenters. The molecule has 0 aromatic heterocycles. The highest BCUT2D eigenvalue weighted by molar-refractivity contribution is 5.98. The van der Waals surface area contributed by atoms with Crippen molar-refractivity contribution in [1.82, 2.24) is 4.90 Å². The normalized spacial score (nSPS) is 16.3. The third kappa shape index (κ3) is 8.63. The molecule has 186 valence electrons. The number of unbranched alkanes of at least 4 members (excludes halogenated alkanes) is 9. The standard InChI is InChI=1S/C25H35F4NO3/c1-2-3-4-5-6-7-8-9-10-11-17-33-24(32)22-13-12-16-30(22)23(31)20-18-19(26)14-15-21(20)25(27,28)29/h14-15,18,22H,2-13,16-17H2,1H3. The maximum Gasteiger partial charge on any atom is 0.417 e. The first-order valence-corrected chi connectivity index (χ1v) is 12.1. The molecule has 0 aliphatic carbocycles. The molecule has 1 saturated heterocycles. The molecule has 2 rings (SSSR count). The van der Waals surface area contributed by atoms with Crippen LogP contribution in [0.2, 0.25) is 0 Å². The number of amides is 1. The van der Waals surface area contributed by atoms with E-state index in [0.717, 1.165) is 24.2 Å². The lowest BCUT2D eigenvalue weighted by molar-refractivity contribution is -0.148. The number of carbonyl (C=O) groups is 2. The second-order valence-electron chi connectivity index (χ2n) is 8.69. The van der Waals surface area contributed by atoms with Gasteiger partial charge < -0.3 is 9.64 Å². The molecular weight excluding hydrogens is 438 g/mol. The first-order chi connectivity index (χ1) is 15.8. The van der Waals surface area contributed by atoms with Gasteiger partial charge in [0.1, 0.15) is 11.9 Å². The average molecular weight is 474 g/mol. The maximum atomic E-state index is 13.6. The Morgan fingerprint density at radius 1 is 1.00 bits per heavy atom. The largest absolute Gasteiger partial charge is 0.464 e. The average Bonchev–Trinajstić information content (AvgIpc) is 3.26. The lowest BCUT2D eigenvalue weighted by Gasteiger charge is -2.24. The van der Waals surface area contributed by atoms with Crippen LogP contribution in [0.3, 0.4) is 0 Å². The van der Waals surface area contributed by atoms with E-state index >= 15 is 0 Å². The van der Waals surface area contributed by atoms with Crippen LogP contribution in [-0.2, 0) is 15.7 Å². The van der Waals surface area contributed by atoms with Gasteiger partial charge in [-0.3, -0.25) is 4.79 Å². The number of rotatable bonds is 13. The topological polar surface area (TPSA) is 46.6 Å². The molecule has 0 N–H and O–H groups in total. The molecule has 1 fully saturated rings. The zero-order valence-electron chi connectivity index (χ0n) is 19.4. The van der Waals surface area contributed by atoms with Crippen molar-refractivity contribution in [1.29, 1.82) is 0 Å². The Kier molecular flexibility index (Phi) is 11.1. The van der Waals surface area contributed by atoms with Crippen molar-refractivity contribution in [3.63, 3.8) is 0 Å². The van der Waals surface area contributed by atoms with Gasteiger partial charge in [-0.05, 0) is 37.5 Å². The molecule has 1 aromatic carbocycles. The van der Waals surface area contributed by atoms with E-state index in [1.54, 1.807) is 0 Å². The second kappa shape index (κ2) is 13.6. The number of carbonyl (C=O) groups excluding carboxylic acids is 2. The van der Waals surface area contributed by atoms with Gasteiger partial charge in [-0.25, -0.2) is 9.18 Å². The molecule has 1 aliphatic heterocycles. The molecule has 33 heavy (non-hydrogen) atoms. The van der Waals surface area contributed by atoms with Crippen molar-refractivity contribution in [2.45, 2.75) is 96.2 Å². The summed E-state index contributed by atoms with van der Waals surface area (Å²) in [5.74, 6) is -2.55. The van der Waals surface area contributed by atoms with E-state index in [-0.39, 0.29) is 13.2 Å². The number of esters is 1. The summed E-state index contributed by atoms with van der Waals surface area (Å²) >= 11 is 0. The summed E-state index contributed by atoms with van der Waals surface area (Å²) in [4.78, 5) is 26.4. The highest BCUT2D eigenvalue weighted by Gasteiger charge is 2.40. The van der Waals surface area contributed by atoms with Gasteiger partial charge in [-0.1, -0.05) is 64.7 Å². The summed E-state index contributed by atoms with van der Waals surface area (Å²) in [7, 11) is 0. The zero-order valence-corrected chi connectivity index (χ0v) is 19.4. The minimum absolute atomic E-state index is 0.130. The lowest BCUT2D eigenvalue weighted by atomic mass is 10.0. The molecular formula is C25H35F4NO3. The number of hydrogen-bond acceptors (Lipinski definition) is 3. The molecule has 1 aliphatic rings. The summed E-state index contributed by atoms with van der Waals surface area (Å²) in [5.41, 5.74) is -1.99. The molecule has 1 aromatic rings. The molecule has 8 heteroatoms. The SMILES string of the molecule is CCCCCCCCCCCCOC(=O)C1CCCN1C(=O)c1cc(F)ccc1C(F)(F)F. The third-order valence-electron chi connectivity index (χ3n) is 6.05. The predicted molar refractivity (Wildman–Crippen MR) is 118 cm³/mol. The first-order valence-electron chi connectivity index (χ1n) is 12.1. The second-order valence-corrected chi connectivity index (χ2v) is 8.69. The van der Waals surface area contributed by atoms with E-state index in [4.69, 9.17) is 4.74 Å². The highest BCUT2D eigenvalue weighted by Crippen LogP contribution is 2.34. The number of benzene rings is 1. The number of halogens is 4. The first kappa shape index (κ1) is 27.1. The summed E-state index contributed by atoms with van der Waals surface area (Å²) in [6, 6.07) is 0.860. The van der Waals surface area contributed by atoms with Gasteiger partial charge in [0.2, 0.25) is 0 Å². The molecule has 4 nitrogen and oxygen atoms in total. The fourth-order valence-corrected chi connectivity index (χ4v) is 4.21. The fraction of sp³-hybridized carbons (Fsp3) is 0.680. The number of alkyl halides is 3. The maximum absolute atomic E-state index is 13.6. The minimum atomic E-state index is -4.80. The van der Waals surface area contributed by atoms with E-state index in [9.17, 15) is 27.2 Å². The zero-order chi connectivity index (χ0) is 24.3. The number of hydrogen-bond donors (Lipinski definition) is 0. The predicted octanol–water partition coefficient (Wildman–Crippen LogP) is 6.91. The smallest absolute Gasteiger partial charge is 0.417 e. The number of ether oxygens (including phenoxy) is 1. The van der Waals surface area contributed by atoms with Crippen LogP contribution in [0.5, 0.6) is 0 Å². The molecule has 1 unspecified atom stereocenters. The van der Waals surface area contributed by atoms with Crippen LogP contribution < -0.4 is 0 Å². The van der Waals surface area contributed by atoms with Crippen LogP contribution in [0.15, 0.2) is 18.2 Å². The van der Waals surface area contributed by atoms with Crippen LogP contribution >= 0.6 is 0 Å². The Hall–Kier alpha value is -2.12. The number of nitrogens with zero attached hydrogens (tertiary/aromatic N) is 1. The van der Waals surface area contributed by atoms with Gasteiger partial charge in [-0.2, -0.15) is 13.2 Å². The van der Waals surface area contributed by atoms with Crippen molar-refractivity contribution in [3.05, 3.63) is 35.1 Å². The molecule has 1 amide bonds. The quantitative estimate of drug-likeness (QED) is 0.178. The van der Waals surface area contributed by atoms with Gasteiger partial charge in [-0.15, -0.1) is 0 Å². The van der Waals surface area contributed by atoms with Gasteiger partial charge in [0.25, 0.3) is 5.91 Å². The summed E-state index contributed by atoms with van der Waals surface area (Å²) in [5, 5.41) is 0. The fourth-order valence-electron chi connectivity index (χ4n) is 4.21. The van der Waals surface area contributed by atoms with E-state index in [1.807, 2.05) is 0 Å². The Bertz CT molecular complexity index is 767. The van der Waals surface area contributed by atoms with Crippen LogP contribution in [0, 0.1) is 5.82 Å².